The zero-order chi connectivity index (χ0) is 14.3. The molecule has 2 aliphatic rings. The van der Waals surface area contributed by atoms with Gasteiger partial charge in [0.25, 0.3) is 0 Å². The van der Waals surface area contributed by atoms with Gasteiger partial charge in [-0.25, -0.2) is 9.97 Å². The molecule has 0 radical (unpaired) electrons. The summed E-state index contributed by atoms with van der Waals surface area (Å²) in [5.74, 6) is 4.82. The monoisotopic (exact) mass is 293 g/mol. The number of aromatic nitrogens is 2. The van der Waals surface area contributed by atoms with Crippen molar-refractivity contribution in [2.75, 3.05) is 11.9 Å². The van der Waals surface area contributed by atoms with Crippen LogP contribution in [0.25, 0.3) is 0 Å². The van der Waals surface area contributed by atoms with Crippen molar-refractivity contribution < 1.29 is 0 Å². The highest BCUT2D eigenvalue weighted by Gasteiger charge is 2.39. The van der Waals surface area contributed by atoms with Gasteiger partial charge in [0.1, 0.15) is 16.8 Å². The predicted octanol–water partition coefficient (Wildman–Crippen LogP) is 4.41. The van der Waals surface area contributed by atoms with Crippen LogP contribution in [0.5, 0.6) is 0 Å². The maximum atomic E-state index is 6.23. The van der Waals surface area contributed by atoms with Gasteiger partial charge in [0.05, 0.1) is 0 Å². The Kier molecular flexibility index (Phi) is 3.89. The van der Waals surface area contributed by atoms with Gasteiger partial charge in [-0.1, -0.05) is 31.9 Å². The van der Waals surface area contributed by atoms with Gasteiger partial charge in [-0.2, -0.15) is 0 Å². The van der Waals surface area contributed by atoms with E-state index < -0.39 is 0 Å². The van der Waals surface area contributed by atoms with Crippen LogP contribution in [0.2, 0.25) is 5.15 Å². The molecule has 3 unspecified atom stereocenters. The summed E-state index contributed by atoms with van der Waals surface area (Å²) in [6.45, 7) is 7.23. The highest BCUT2D eigenvalue weighted by atomic mass is 35.5. The molecule has 2 bridgehead atoms. The molecule has 0 spiro atoms. The van der Waals surface area contributed by atoms with Crippen molar-refractivity contribution in [1.82, 2.24) is 9.97 Å². The summed E-state index contributed by atoms with van der Waals surface area (Å²) in [5.41, 5.74) is 0.972. The average Bonchev–Trinajstić information content (AvgIpc) is 3.02. The third-order valence-electron chi connectivity index (χ3n) is 5.04. The van der Waals surface area contributed by atoms with Gasteiger partial charge in [0.2, 0.25) is 0 Å². The number of hydrogen-bond acceptors (Lipinski definition) is 3. The molecule has 4 heteroatoms. The van der Waals surface area contributed by atoms with Crippen LogP contribution in [-0.4, -0.2) is 16.5 Å². The molecule has 0 aromatic carbocycles. The molecule has 2 aliphatic carbocycles. The van der Waals surface area contributed by atoms with Crippen LogP contribution < -0.4 is 5.32 Å². The fourth-order valence-electron chi connectivity index (χ4n) is 3.79. The summed E-state index contributed by atoms with van der Waals surface area (Å²) >= 11 is 6.23. The number of rotatable bonds is 4. The predicted molar refractivity (Wildman–Crippen MR) is 83.3 cm³/mol. The van der Waals surface area contributed by atoms with Crippen LogP contribution in [0.15, 0.2) is 0 Å². The van der Waals surface area contributed by atoms with Crippen molar-refractivity contribution >= 4 is 17.4 Å². The van der Waals surface area contributed by atoms with Gasteiger partial charge in [-0.05, 0) is 43.9 Å². The SMILES string of the molecule is Cc1c(Cl)nc(C(C)C)nc1NCC1CC2CCC1C2. The molecule has 1 aromatic rings. The number of halogens is 1. The fourth-order valence-corrected chi connectivity index (χ4v) is 3.97. The fraction of sp³-hybridized carbons (Fsp3) is 0.750. The van der Waals surface area contributed by atoms with Gasteiger partial charge < -0.3 is 5.32 Å². The zero-order valence-corrected chi connectivity index (χ0v) is 13.4. The second-order valence-corrected chi connectivity index (χ2v) is 7.17. The molecule has 1 heterocycles. The maximum Gasteiger partial charge on any atom is 0.137 e. The largest absolute Gasteiger partial charge is 0.369 e. The minimum absolute atomic E-state index is 0.302. The third kappa shape index (κ3) is 2.65. The first-order valence-corrected chi connectivity index (χ1v) is 8.20. The molecule has 3 rings (SSSR count). The Morgan fingerprint density at radius 3 is 2.65 bits per heavy atom. The summed E-state index contributed by atoms with van der Waals surface area (Å²) in [5, 5.41) is 4.12. The molecule has 20 heavy (non-hydrogen) atoms. The maximum absolute atomic E-state index is 6.23. The van der Waals surface area contributed by atoms with Crippen molar-refractivity contribution in [2.45, 2.75) is 52.4 Å². The smallest absolute Gasteiger partial charge is 0.137 e. The van der Waals surface area contributed by atoms with Crippen LogP contribution >= 0.6 is 11.6 Å². The lowest BCUT2D eigenvalue weighted by Gasteiger charge is -2.23. The Labute approximate surface area is 126 Å². The first-order chi connectivity index (χ1) is 9.54. The lowest BCUT2D eigenvalue weighted by molar-refractivity contribution is 0.348. The Balaban J connectivity index is 1.70. The average molecular weight is 294 g/mol. The molecular weight excluding hydrogens is 270 g/mol. The van der Waals surface area contributed by atoms with Crippen molar-refractivity contribution in [3.8, 4) is 0 Å². The number of nitrogens with zero attached hydrogens (tertiary/aromatic N) is 2. The topological polar surface area (TPSA) is 37.8 Å². The van der Waals surface area contributed by atoms with E-state index in [1.165, 1.54) is 25.7 Å². The Morgan fingerprint density at radius 2 is 2.05 bits per heavy atom. The van der Waals surface area contributed by atoms with Crippen molar-refractivity contribution in [1.29, 1.82) is 0 Å². The summed E-state index contributed by atoms with van der Waals surface area (Å²) in [4.78, 5) is 9.01. The van der Waals surface area contributed by atoms with E-state index in [1.54, 1.807) is 0 Å². The van der Waals surface area contributed by atoms with Crippen molar-refractivity contribution in [2.24, 2.45) is 17.8 Å². The van der Waals surface area contributed by atoms with Gasteiger partial charge in [-0.15, -0.1) is 0 Å². The van der Waals surface area contributed by atoms with E-state index >= 15 is 0 Å². The molecule has 0 aliphatic heterocycles. The molecule has 3 atom stereocenters. The first kappa shape index (κ1) is 14.1. The van der Waals surface area contributed by atoms with Crippen LogP contribution in [0.1, 0.15) is 56.8 Å². The van der Waals surface area contributed by atoms with Crippen LogP contribution in [0.3, 0.4) is 0 Å². The van der Waals surface area contributed by atoms with Crippen molar-refractivity contribution in [3.05, 3.63) is 16.5 Å². The summed E-state index contributed by atoms with van der Waals surface area (Å²) in [6, 6.07) is 0. The lowest BCUT2D eigenvalue weighted by atomic mass is 9.89. The minimum Gasteiger partial charge on any atom is -0.369 e. The van der Waals surface area contributed by atoms with E-state index in [0.29, 0.717) is 11.1 Å². The summed E-state index contributed by atoms with van der Waals surface area (Å²) < 4.78 is 0. The second-order valence-electron chi connectivity index (χ2n) is 6.82. The molecular formula is C16H24ClN3. The summed E-state index contributed by atoms with van der Waals surface area (Å²) in [7, 11) is 0. The van der Waals surface area contributed by atoms with E-state index in [4.69, 9.17) is 11.6 Å². The molecule has 1 aromatic heterocycles. The van der Waals surface area contributed by atoms with Crippen molar-refractivity contribution in [3.63, 3.8) is 0 Å². The molecule has 2 fully saturated rings. The Hall–Kier alpha value is -0.830. The normalized spacial score (nSPS) is 28.4. The lowest BCUT2D eigenvalue weighted by Crippen LogP contribution is -2.21. The number of fused-ring (bicyclic) bond motifs is 2. The molecule has 110 valence electrons. The minimum atomic E-state index is 0.302. The van der Waals surface area contributed by atoms with Crippen LogP contribution in [0, 0.1) is 24.7 Å². The van der Waals surface area contributed by atoms with Gasteiger partial charge in [-0.3, -0.25) is 0 Å². The molecule has 0 amide bonds. The van der Waals surface area contributed by atoms with E-state index in [2.05, 4.69) is 29.1 Å². The quantitative estimate of drug-likeness (QED) is 0.836. The first-order valence-electron chi connectivity index (χ1n) is 7.82. The Morgan fingerprint density at radius 1 is 1.25 bits per heavy atom. The van der Waals surface area contributed by atoms with Crippen LogP contribution in [0.4, 0.5) is 5.82 Å². The number of hydrogen-bond donors (Lipinski definition) is 1. The van der Waals surface area contributed by atoms with Gasteiger partial charge in [0.15, 0.2) is 0 Å². The third-order valence-corrected chi connectivity index (χ3v) is 5.40. The zero-order valence-electron chi connectivity index (χ0n) is 12.6. The molecule has 0 saturated heterocycles. The van der Waals surface area contributed by atoms with E-state index in [-0.39, 0.29) is 0 Å². The van der Waals surface area contributed by atoms with E-state index in [1.807, 2.05) is 6.92 Å². The van der Waals surface area contributed by atoms with E-state index in [0.717, 1.165) is 41.5 Å². The van der Waals surface area contributed by atoms with Gasteiger partial charge in [0, 0.05) is 18.0 Å². The molecule has 1 N–H and O–H groups in total. The van der Waals surface area contributed by atoms with Crippen LogP contribution in [-0.2, 0) is 0 Å². The molecule has 3 nitrogen and oxygen atoms in total. The number of anilines is 1. The summed E-state index contributed by atoms with van der Waals surface area (Å²) in [6.07, 6.45) is 5.73. The highest BCUT2D eigenvalue weighted by molar-refractivity contribution is 6.30. The standard InChI is InChI=1S/C16H24ClN3/c1-9(2)15-19-14(17)10(3)16(20-15)18-8-13-7-11-4-5-12(13)6-11/h9,11-13H,4-8H2,1-3H3,(H,18,19,20). The highest BCUT2D eigenvalue weighted by Crippen LogP contribution is 2.48. The van der Waals surface area contributed by atoms with E-state index in [9.17, 15) is 0 Å². The van der Waals surface area contributed by atoms with Gasteiger partial charge >= 0.3 is 0 Å². The second kappa shape index (κ2) is 5.51. The Bertz CT molecular complexity index is 501. The molecule has 2 saturated carbocycles. The number of nitrogens with one attached hydrogen (secondary N) is 1.